The number of fused-ring (bicyclic) bond motifs is 1. The summed E-state index contributed by atoms with van der Waals surface area (Å²) >= 11 is 0. The van der Waals surface area contributed by atoms with E-state index >= 15 is 0 Å². The molecule has 0 radical (unpaired) electrons. The number of benzene rings is 2. The number of terminal acetylenes is 1. The highest BCUT2D eigenvalue weighted by atomic mass is 16.6. The van der Waals surface area contributed by atoms with Crippen molar-refractivity contribution < 1.29 is 19.2 Å². The first-order valence-electron chi connectivity index (χ1n) is 8.87. The van der Waals surface area contributed by atoms with E-state index in [2.05, 4.69) is 5.92 Å². The molecule has 0 N–H and O–H groups in total. The summed E-state index contributed by atoms with van der Waals surface area (Å²) in [5.74, 6) is 1.95. The summed E-state index contributed by atoms with van der Waals surface area (Å²) in [6, 6.07) is 11.6. The third-order valence-corrected chi connectivity index (χ3v) is 4.52. The fourth-order valence-corrected chi connectivity index (χ4v) is 2.97. The third kappa shape index (κ3) is 4.52. The van der Waals surface area contributed by atoms with E-state index in [1.54, 1.807) is 0 Å². The van der Waals surface area contributed by atoms with Crippen LogP contribution in [0.2, 0.25) is 0 Å². The topological polar surface area (TPSA) is 93.0 Å². The highest BCUT2D eigenvalue weighted by Gasteiger charge is 2.30. The molecule has 0 saturated carbocycles. The second-order valence-corrected chi connectivity index (χ2v) is 6.62. The number of rotatable bonds is 6. The van der Waals surface area contributed by atoms with Crippen molar-refractivity contribution >= 4 is 23.2 Å². The zero-order valence-corrected chi connectivity index (χ0v) is 15.8. The minimum atomic E-state index is -0.568. The molecule has 8 heteroatoms. The molecule has 8 nitrogen and oxygen atoms in total. The molecule has 0 fully saturated rings. The lowest BCUT2D eigenvalue weighted by atomic mass is 10.1. The van der Waals surface area contributed by atoms with Crippen LogP contribution in [0.15, 0.2) is 42.5 Å². The highest BCUT2D eigenvalue weighted by molar-refractivity contribution is 6.02. The number of hydrogen-bond acceptors (Lipinski definition) is 5. The molecule has 1 heterocycles. The van der Waals surface area contributed by atoms with Crippen molar-refractivity contribution in [2.45, 2.75) is 13.5 Å². The summed E-state index contributed by atoms with van der Waals surface area (Å²) in [5.41, 5.74) is 2.00. The maximum atomic E-state index is 12.9. The van der Waals surface area contributed by atoms with Gasteiger partial charge in [-0.2, -0.15) is 0 Å². The van der Waals surface area contributed by atoms with Crippen molar-refractivity contribution in [3.63, 3.8) is 0 Å². The van der Waals surface area contributed by atoms with Crippen molar-refractivity contribution in [1.29, 1.82) is 0 Å². The Morgan fingerprint density at radius 1 is 1.31 bits per heavy atom. The quantitative estimate of drug-likeness (QED) is 0.426. The SMILES string of the molecule is C#CCN(Cc1ccc(C)cc1)C(=O)CN1C(=O)COc2ccc([N+](=O)[O-])cc21. The molecule has 0 saturated heterocycles. The Balaban J connectivity index is 1.83. The van der Waals surface area contributed by atoms with Gasteiger partial charge in [-0.15, -0.1) is 6.42 Å². The average Bonchev–Trinajstić information content (AvgIpc) is 2.70. The molecule has 2 aromatic carbocycles. The van der Waals surface area contributed by atoms with Gasteiger partial charge in [0.25, 0.3) is 11.6 Å². The van der Waals surface area contributed by atoms with Crippen molar-refractivity contribution in [2.75, 3.05) is 24.6 Å². The monoisotopic (exact) mass is 393 g/mol. The lowest BCUT2D eigenvalue weighted by Gasteiger charge is -2.30. The number of anilines is 1. The van der Waals surface area contributed by atoms with Crippen LogP contribution in [0.5, 0.6) is 5.75 Å². The fraction of sp³-hybridized carbons (Fsp3) is 0.238. The van der Waals surface area contributed by atoms with Crippen LogP contribution >= 0.6 is 0 Å². The van der Waals surface area contributed by atoms with Gasteiger partial charge in [0.2, 0.25) is 5.91 Å². The molecular weight excluding hydrogens is 374 g/mol. The summed E-state index contributed by atoms with van der Waals surface area (Å²) in [4.78, 5) is 38.5. The zero-order valence-electron chi connectivity index (χ0n) is 15.8. The number of carbonyl (C=O) groups excluding carboxylic acids is 2. The van der Waals surface area contributed by atoms with Gasteiger partial charge in [-0.1, -0.05) is 35.7 Å². The van der Waals surface area contributed by atoms with Crippen LogP contribution in [0.25, 0.3) is 0 Å². The Kier molecular flexibility index (Phi) is 5.79. The Morgan fingerprint density at radius 3 is 2.69 bits per heavy atom. The average molecular weight is 393 g/mol. The normalized spacial score (nSPS) is 12.6. The van der Waals surface area contributed by atoms with E-state index in [0.29, 0.717) is 12.3 Å². The number of ether oxygens (including phenoxy) is 1. The zero-order chi connectivity index (χ0) is 21.0. The Labute approximate surface area is 167 Å². The first kappa shape index (κ1) is 19.9. The van der Waals surface area contributed by atoms with Gasteiger partial charge in [0.1, 0.15) is 12.3 Å². The van der Waals surface area contributed by atoms with Crippen LogP contribution < -0.4 is 9.64 Å². The van der Waals surface area contributed by atoms with E-state index < -0.39 is 10.8 Å². The minimum Gasteiger partial charge on any atom is -0.482 e. The van der Waals surface area contributed by atoms with Gasteiger partial charge in [-0.05, 0) is 18.6 Å². The third-order valence-electron chi connectivity index (χ3n) is 4.52. The second-order valence-electron chi connectivity index (χ2n) is 6.62. The predicted molar refractivity (Wildman–Crippen MR) is 106 cm³/mol. The number of nitrogens with zero attached hydrogens (tertiary/aromatic N) is 3. The molecule has 2 amide bonds. The largest absolute Gasteiger partial charge is 0.482 e. The second kappa shape index (κ2) is 8.44. The van der Waals surface area contributed by atoms with Gasteiger partial charge in [0.15, 0.2) is 6.61 Å². The molecule has 0 atom stereocenters. The van der Waals surface area contributed by atoms with Gasteiger partial charge in [0, 0.05) is 18.7 Å². The lowest BCUT2D eigenvalue weighted by Crippen LogP contribution is -2.46. The van der Waals surface area contributed by atoms with Gasteiger partial charge < -0.3 is 9.64 Å². The van der Waals surface area contributed by atoms with Crippen LogP contribution in [0.3, 0.4) is 0 Å². The first-order chi connectivity index (χ1) is 13.9. The van der Waals surface area contributed by atoms with Gasteiger partial charge in [-0.25, -0.2) is 0 Å². The van der Waals surface area contributed by atoms with Crippen LogP contribution in [0, 0.1) is 29.4 Å². The molecule has 1 aliphatic heterocycles. The van der Waals surface area contributed by atoms with Crippen molar-refractivity contribution in [2.24, 2.45) is 0 Å². The Hall–Kier alpha value is -3.86. The summed E-state index contributed by atoms with van der Waals surface area (Å²) in [5, 5.41) is 11.1. The number of carbonyl (C=O) groups is 2. The van der Waals surface area contributed by atoms with E-state index in [1.807, 2.05) is 31.2 Å². The summed E-state index contributed by atoms with van der Waals surface area (Å²) in [7, 11) is 0. The van der Waals surface area contributed by atoms with Crippen LogP contribution in [-0.2, 0) is 16.1 Å². The summed E-state index contributed by atoms with van der Waals surface area (Å²) in [6.07, 6.45) is 5.42. The lowest BCUT2D eigenvalue weighted by molar-refractivity contribution is -0.384. The number of nitro groups is 1. The standard InChI is InChI=1S/C21H19N3O5/c1-3-10-22(12-16-6-4-15(2)5-7-16)20(25)13-23-18-11-17(24(27)28)8-9-19(18)29-14-21(23)26/h1,4-9,11H,10,12-14H2,2H3. The van der Waals surface area contributed by atoms with Crippen LogP contribution in [-0.4, -0.2) is 41.3 Å². The predicted octanol–water partition coefficient (Wildman–Crippen LogP) is 2.29. The minimum absolute atomic E-state index is 0.0764. The number of aryl methyl sites for hydroxylation is 1. The van der Waals surface area contributed by atoms with Crippen molar-refractivity contribution in [3.8, 4) is 18.1 Å². The summed E-state index contributed by atoms with van der Waals surface area (Å²) in [6.45, 7) is 1.81. The van der Waals surface area contributed by atoms with Crippen molar-refractivity contribution in [3.05, 3.63) is 63.7 Å². The van der Waals surface area contributed by atoms with Gasteiger partial charge >= 0.3 is 0 Å². The fourth-order valence-electron chi connectivity index (χ4n) is 2.97. The maximum Gasteiger partial charge on any atom is 0.271 e. The van der Waals surface area contributed by atoms with E-state index in [0.717, 1.165) is 11.1 Å². The van der Waals surface area contributed by atoms with E-state index in [9.17, 15) is 19.7 Å². The Morgan fingerprint density at radius 2 is 2.03 bits per heavy atom. The van der Waals surface area contributed by atoms with E-state index in [-0.39, 0.29) is 37.0 Å². The molecule has 3 rings (SSSR count). The van der Waals surface area contributed by atoms with E-state index in [1.165, 1.54) is 28.0 Å². The molecule has 0 bridgehead atoms. The number of amides is 2. The smallest absolute Gasteiger partial charge is 0.271 e. The molecule has 0 aromatic heterocycles. The van der Waals surface area contributed by atoms with Crippen LogP contribution in [0.4, 0.5) is 11.4 Å². The van der Waals surface area contributed by atoms with Crippen molar-refractivity contribution in [1.82, 2.24) is 4.90 Å². The molecule has 0 aliphatic carbocycles. The van der Waals surface area contributed by atoms with Gasteiger partial charge in [0.05, 0.1) is 17.2 Å². The molecule has 0 unspecified atom stereocenters. The number of nitro benzene ring substituents is 1. The molecule has 0 spiro atoms. The maximum absolute atomic E-state index is 12.9. The highest BCUT2D eigenvalue weighted by Crippen LogP contribution is 2.35. The number of hydrogen-bond donors (Lipinski definition) is 0. The first-order valence-corrected chi connectivity index (χ1v) is 8.87. The van der Waals surface area contributed by atoms with E-state index in [4.69, 9.17) is 11.2 Å². The molecule has 2 aromatic rings. The summed E-state index contributed by atoms with van der Waals surface area (Å²) < 4.78 is 5.33. The molecule has 1 aliphatic rings. The Bertz CT molecular complexity index is 994. The molecule has 148 valence electrons. The molecule has 29 heavy (non-hydrogen) atoms. The van der Waals surface area contributed by atoms with Gasteiger partial charge in [-0.3, -0.25) is 24.6 Å². The molecular formula is C21H19N3O5. The number of non-ortho nitro benzene ring substituents is 1. The van der Waals surface area contributed by atoms with Crippen LogP contribution in [0.1, 0.15) is 11.1 Å².